The summed E-state index contributed by atoms with van der Waals surface area (Å²) >= 11 is 0. The van der Waals surface area contributed by atoms with Crippen LogP contribution in [0.4, 0.5) is 0 Å². The van der Waals surface area contributed by atoms with E-state index in [1.54, 1.807) is 19.0 Å². The third-order valence-corrected chi connectivity index (χ3v) is 5.13. The van der Waals surface area contributed by atoms with Gasteiger partial charge >= 0.3 is 0 Å². The van der Waals surface area contributed by atoms with Gasteiger partial charge in [-0.2, -0.15) is 0 Å². The van der Waals surface area contributed by atoms with Crippen LogP contribution in [-0.2, 0) is 11.2 Å². The second kappa shape index (κ2) is 11.9. The van der Waals surface area contributed by atoms with Gasteiger partial charge in [-0.25, -0.2) is 4.99 Å². The van der Waals surface area contributed by atoms with E-state index in [1.165, 1.54) is 16.7 Å². The molecule has 2 aromatic carbocycles. The van der Waals surface area contributed by atoms with Crippen molar-refractivity contribution in [2.24, 2.45) is 4.99 Å². The monoisotopic (exact) mass is 536 g/mol. The van der Waals surface area contributed by atoms with Gasteiger partial charge in [-0.3, -0.25) is 4.79 Å². The van der Waals surface area contributed by atoms with Crippen LogP contribution in [0.2, 0.25) is 0 Å². The van der Waals surface area contributed by atoms with Crippen LogP contribution in [0.1, 0.15) is 34.7 Å². The van der Waals surface area contributed by atoms with Crippen LogP contribution in [0.5, 0.6) is 5.75 Å². The number of amides is 1. The molecule has 1 amide bonds. The van der Waals surface area contributed by atoms with Gasteiger partial charge in [-0.05, 0) is 31.9 Å². The van der Waals surface area contributed by atoms with Gasteiger partial charge in [0.25, 0.3) is 0 Å². The minimum absolute atomic E-state index is 0. The summed E-state index contributed by atoms with van der Waals surface area (Å²) in [5, 5.41) is 6.91. The number of para-hydroxylation sites is 1. The lowest BCUT2D eigenvalue weighted by Crippen LogP contribution is -2.42. The van der Waals surface area contributed by atoms with Crippen molar-refractivity contribution in [1.82, 2.24) is 15.5 Å². The zero-order valence-corrected chi connectivity index (χ0v) is 21.1. The number of guanidine groups is 1. The van der Waals surface area contributed by atoms with E-state index in [0.29, 0.717) is 12.6 Å². The molecule has 2 aromatic rings. The van der Waals surface area contributed by atoms with Crippen molar-refractivity contribution in [2.75, 3.05) is 33.8 Å². The largest absolute Gasteiger partial charge is 0.493 e. The number of likely N-dealkylation sites (N-methyl/N-ethyl adjacent to an activating group) is 1. The number of nitrogens with one attached hydrogen (secondary N) is 2. The zero-order valence-electron chi connectivity index (χ0n) is 18.8. The van der Waals surface area contributed by atoms with Gasteiger partial charge in [0, 0.05) is 32.6 Å². The van der Waals surface area contributed by atoms with E-state index in [-0.39, 0.29) is 42.5 Å². The molecule has 0 aromatic heterocycles. The quantitative estimate of drug-likeness (QED) is 0.337. The number of rotatable bonds is 6. The van der Waals surface area contributed by atoms with E-state index in [2.05, 4.69) is 53.7 Å². The molecule has 1 aliphatic heterocycles. The van der Waals surface area contributed by atoms with Crippen molar-refractivity contribution in [2.45, 2.75) is 32.7 Å². The molecule has 6 nitrogen and oxygen atoms in total. The normalized spacial score (nSPS) is 15.2. The predicted molar refractivity (Wildman–Crippen MR) is 136 cm³/mol. The number of nitrogens with zero attached hydrogens (tertiary/aromatic N) is 2. The van der Waals surface area contributed by atoms with Crippen molar-refractivity contribution in [3.05, 3.63) is 64.7 Å². The lowest BCUT2D eigenvalue weighted by atomic mass is 10.0. The molecule has 0 bridgehead atoms. The lowest BCUT2D eigenvalue weighted by molar-refractivity contribution is -0.127. The van der Waals surface area contributed by atoms with Crippen LogP contribution in [0.15, 0.2) is 47.5 Å². The summed E-state index contributed by atoms with van der Waals surface area (Å²) in [4.78, 5) is 18.1. The highest BCUT2D eigenvalue weighted by atomic mass is 127. The molecule has 31 heavy (non-hydrogen) atoms. The summed E-state index contributed by atoms with van der Waals surface area (Å²) in [6.07, 6.45) is 1.73. The number of benzene rings is 2. The first-order chi connectivity index (χ1) is 14.4. The van der Waals surface area contributed by atoms with Gasteiger partial charge in [0.15, 0.2) is 5.96 Å². The molecule has 1 heterocycles. The van der Waals surface area contributed by atoms with Gasteiger partial charge in [0.2, 0.25) is 5.91 Å². The SMILES string of the molecule is Cc1cc(C)cc(CCNC(=NCC(=O)N(C)C)NC2CCOc3ccccc32)c1.I. The van der Waals surface area contributed by atoms with Crippen molar-refractivity contribution in [3.8, 4) is 5.75 Å². The highest BCUT2D eigenvalue weighted by molar-refractivity contribution is 14.0. The molecule has 7 heteroatoms. The molecule has 1 atom stereocenters. The Morgan fingerprint density at radius 2 is 1.87 bits per heavy atom. The Morgan fingerprint density at radius 1 is 1.16 bits per heavy atom. The van der Waals surface area contributed by atoms with Crippen LogP contribution in [-0.4, -0.2) is 50.6 Å². The van der Waals surface area contributed by atoms with Gasteiger partial charge in [-0.15, -0.1) is 24.0 Å². The fourth-order valence-electron chi connectivity index (χ4n) is 3.64. The second-order valence-corrected chi connectivity index (χ2v) is 8.00. The summed E-state index contributed by atoms with van der Waals surface area (Å²) in [6, 6.07) is 14.8. The van der Waals surface area contributed by atoms with Gasteiger partial charge < -0.3 is 20.3 Å². The van der Waals surface area contributed by atoms with E-state index in [4.69, 9.17) is 4.74 Å². The van der Waals surface area contributed by atoms with Gasteiger partial charge in [-0.1, -0.05) is 47.5 Å². The third-order valence-electron chi connectivity index (χ3n) is 5.13. The van der Waals surface area contributed by atoms with E-state index in [1.807, 2.05) is 18.2 Å². The number of hydrogen-bond acceptors (Lipinski definition) is 3. The van der Waals surface area contributed by atoms with Crippen molar-refractivity contribution < 1.29 is 9.53 Å². The fraction of sp³-hybridized carbons (Fsp3) is 0.417. The number of fused-ring (bicyclic) bond motifs is 1. The smallest absolute Gasteiger partial charge is 0.243 e. The first-order valence-corrected chi connectivity index (χ1v) is 10.5. The Hall–Kier alpha value is -2.29. The predicted octanol–water partition coefficient (Wildman–Crippen LogP) is 3.61. The number of aryl methyl sites for hydroxylation is 2. The van der Waals surface area contributed by atoms with Crippen LogP contribution in [0.3, 0.4) is 0 Å². The maximum Gasteiger partial charge on any atom is 0.243 e. The molecule has 3 rings (SSSR count). The van der Waals surface area contributed by atoms with Crippen molar-refractivity contribution in [1.29, 1.82) is 0 Å². The number of carbonyl (C=O) groups is 1. The van der Waals surface area contributed by atoms with Crippen LogP contribution >= 0.6 is 24.0 Å². The lowest BCUT2D eigenvalue weighted by Gasteiger charge is -2.28. The molecule has 2 N–H and O–H groups in total. The maximum absolute atomic E-state index is 12.1. The molecule has 0 saturated heterocycles. The van der Waals surface area contributed by atoms with Crippen LogP contribution in [0.25, 0.3) is 0 Å². The Kier molecular flexibility index (Phi) is 9.61. The van der Waals surface area contributed by atoms with Gasteiger partial charge in [0.05, 0.1) is 12.6 Å². The molecular weight excluding hydrogens is 503 g/mol. The third kappa shape index (κ3) is 7.41. The second-order valence-electron chi connectivity index (χ2n) is 8.00. The van der Waals surface area contributed by atoms with E-state index in [9.17, 15) is 4.79 Å². The fourth-order valence-corrected chi connectivity index (χ4v) is 3.64. The summed E-state index contributed by atoms with van der Waals surface area (Å²) < 4.78 is 5.77. The van der Waals surface area contributed by atoms with E-state index >= 15 is 0 Å². The highest BCUT2D eigenvalue weighted by Gasteiger charge is 2.22. The topological polar surface area (TPSA) is 66.0 Å². The van der Waals surface area contributed by atoms with Crippen LogP contribution in [0, 0.1) is 13.8 Å². The summed E-state index contributed by atoms with van der Waals surface area (Å²) in [6.45, 7) is 5.73. The Labute approximate surface area is 202 Å². The standard InChI is InChI=1S/C24H32N4O2.HI/c1-17-13-18(2)15-19(14-17)9-11-25-24(26-16-23(29)28(3)4)27-21-10-12-30-22-8-6-5-7-20(21)22;/h5-8,13-15,21H,9-12,16H2,1-4H3,(H2,25,26,27);1H. The van der Waals surface area contributed by atoms with E-state index in [0.717, 1.165) is 30.7 Å². The number of hydrogen-bond donors (Lipinski definition) is 2. The Morgan fingerprint density at radius 3 is 2.58 bits per heavy atom. The Bertz CT molecular complexity index is 894. The molecule has 0 saturated carbocycles. The molecule has 0 spiro atoms. The molecule has 1 aliphatic rings. The summed E-state index contributed by atoms with van der Waals surface area (Å²) in [7, 11) is 3.49. The molecule has 0 aliphatic carbocycles. The maximum atomic E-state index is 12.1. The van der Waals surface area contributed by atoms with Gasteiger partial charge in [0.1, 0.15) is 12.3 Å². The molecule has 168 valence electrons. The molecular formula is C24H33IN4O2. The molecule has 1 unspecified atom stereocenters. The number of halogens is 1. The molecule has 0 radical (unpaired) electrons. The first kappa shape index (κ1) is 25.0. The minimum Gasteiger partial charge on any atom is -0.493 e. The number of carbonyl (C=O) groups excluding carboxylic acids is 1. The highest BCUT2D eigenvalue weighted by Crippen LogP contribution is 2.31. The van der Waals surface area contributed by atoms with Crippen LogP contribution < -0.4 is 15.4 Å². The number of ether oxygens (including phenoxy) is 1. The Balaban J connectivity index is 0.00000341. The van der Waals surface area contributed by atoms with Crippen molar-refractivity contribution in [3.63, 3.8) is 0 Å². The summed E-state index contributed by atoms with van der Waals surface area (Å²) in [5.74, 6) is 1.52. The minimum atomic E-state index is -0.0298. The molecule has 0 fully saturated rings. The zero-order chi connectivity index (χ0) is 21.5. The average Bonchev–Trinajstić information content (AvgIpc) is 2.71. The van der Waals surface area contributed by atoms with E-state index < -0.39 is 0 Å². The van der Waals surface area contributed by atoms with Crippen molar-refractivity contribution >= 4 is 35.8 Å². The average molecular weight is 536 g/mol. The summed E-state index contributed by atoms with van der Waals surface area (Å²) in [5.41, 5.74) is 4.95. The number of aliphatic imine (C=N–C) groups is 1. The first-order valence-electron chi connectivity index (χ1n) is 10.5.